The van der Waals surface area contributed by atoms with E-state index in [0.717, 1.165) is 0 Å². The molecule has 8 nitrogen and oxygen atoms in total. The lowest BCUT2D eigenvalue weighted by Gasteiger charge is -2.07. The van der Waals surface area contributed by atoms with Crippen LogP contribution in [0.15, 0.2) is 24.4 Å². The second-order valence-corrected chi connectivity index (χ2v) is 4.86. The van der Waals surface area contributed by atoms with Crippen LogP contribution in [0.4, 0.5) is 11.4 Å². The molecule has 0 fully saturated rings. The predicted octanol–water partition coefficient (Wildman–Crippen LogP) is 2.40. The van der Waals surface area contributed by atoms with Gasteiger partial charge in [-0.05, 0) is 19.1 Å². The number of halogens is 1. The number of benzene rings is 1. The Kier molecular flexibility index (Phi) is 4.62. The van der Waals surface area contributed by atoms with Gasteiger partial charge in [0, 0.05) is 6.20 Å². The summed E-state index contributed by atoms with van der Waals surface area (Å²) >= 11 is 5.85. The van der Waals surface area contributed by atoms with Crippen molar-refractivity contribution < 1.29 is 14.5 Å². The quantitative estimate of drug-likeness (QED) is 0.672. The van der Waals surface area contributed by atoms with Gasteiger partial charge >= 0.3 is 0 Å². The van der Waals surface area contributed by atoms with Crippen molar-refractivity contribution in [1.82, 2.24) is 9.78 Å². The number of amides is 1. The Morgan fingerprint density at radius 2 is 2.27 bits per heavy atom. The molecule has 0 bridgehead atoms. The molecular weight excluding hydrogens is 312 g/mol. The van der Waals surface area contributed by atoms with Crippen LogP contribution in [0.5, 0.6) is 5.75 Å². The van der Waals surface area contributed by atoms with Crippen molar-refractivity contribution in [2.45, 2.75) is 13.5 Å². The molecule has 0 unspecified atom stereocenters. The van der Waals surface area contributed by atoms with E-state index in [0.29, 0.717) is 16.5 Å². The number of carbonyl (C=O) groups is 1. The fourth-order valence-electron chi connectivity index (χ4n) is 1.81. The number of anilines is 1. The number of aryl methyl sites for hydroxylation is 1. The summed E-state index contributed by atoms with van der Waals surface area (Å²) in [6.45, 7) is 1.61. The summed E-state index contributed by atoms with van der Waals surface area (Å²) in [6.07, 6.45) is 1.51. The summed E-state index contributed by atoms with van der Waals surface area (Å²) in [4.78, 5) is 22.4. The first kappa shape index (κ1) is 15.8. The Balaban J connectivity index is 2.15. The topological polar surface area (TPSA) is 99.3 Å². The van der Waals surface area contributed by atoms with E-state index in [1.54, 1.807) is 6.92 Å². The third kappa shape index (κ3) is 3.53. The number of nitrogens with zero attached hydrogens (tertiary/aromatic N) is 3. The largest absolute Gasteiger partial charge is 0.496 e. The van der Waals surface area contributed by atoms with E-state index in [2.05, 4.69) is 10.4 Å². The van der Waals surface area contributed by atoms with Gasteiger partial charge in [0.1, 0.15) is 18.0 Å². The molecule has 1 N–H and O–H groups in total. The first-order valence-electron chi connectivity index (χ1n) is 6.22. The second-order valence-electron chi connectivity index (χ2n) is 4.45. The molecule has 1 aromatic carbocycles. The normalized spacial score (nSPS) is 10.3. The van der Waals surface area contributed by atoms with E-state index in [4.69, 9.17) is 16.3 Å². The predicted molar refractivity (Wildman–Crippen MR) is 80.3 cm³/mol. The number of nitro groups is 1. The maximum atomic E-state index is 12.0. The van der Waals surface area contributed by atoms with Gasteiger partial charge in [0.25, 0.3) is 5.69 Å². The molecule has 1 amide bonds. The van der Waals surface area contributed by atoms with Crippen molar-refractivity contribution in [2.24, 2.45) is 0 Å². The van der Waals surface area contributed by atoms with E-state index in [1.165, 1.54) is 36.2 Å². The maximum absolute atomic E-state index is 12.0. The molecule has 1 heterocycles. The summed E-state index contributed by atoms with van der Waals surface area (Å²) in [5.41, 5.74) is 0.443. The smallest absolute Gasteiger partial charge is 0.296 e. The molecule has 0 saturated heterocycles. The standard InChI is InChI=1S/C13H13ClN4O4/c1-8-10(14)6-17(16-8)7-13(19)15-11-4-3-9(22-2)5-12(11)18(20)21/h3-6H,7H2,1-2H3,(H,15,19). The highest BCUT2D eigenvalue weighted by Gasteiger charge is 2.17. The first-order chi connectivity index (χ1) is 10.4. The monoisotopic (exact) mass is 324 g/mol. The maximum Gasteiger partial charge on any atom is 0.296 e. The van der Waals surface area contributed by atoms with Crippen LogP contribution in [0.25, 0.3) is 0 Å². The van der Waals surface area contributed by atoms with Gasteiger partial charge in [-0.1, -0.05) is 11.6 Å². The Hall–Kier alpha value is -2.61. The van der Waals surface area contributed by atoms with E-state index in [1.807, 2.05) is 0 Å². The number of hydrogen-bond acceptors (Lipinski definition) is 5. The van der Waals surface area contributed by atoms with Crippen LogP contribution < -0.4 is 10.1 Å². The van der Waals surface area contributed by atoms with Crippen LogP contribution in [0.3, 0.4) is 0 Å². The van der Waals surface area contributed by atoms with Crippen LogP contribution in [-0.2, 0) is 11.3 Å². The van der Waals surface area contributed by atoms with Gasteiger partial charge in [-0.3, -0.25) is 19.6 Å². The first-order valence-corrected chi connectivity index (χ1v) is 6.60. The van der Waals surface area contributed by atoms with Crippen molar-refractivity contribution in [3.05, 3.63) is 45.2 Å². The lowest BCUT2D eigenvalue weighted by molar-refractivity contribution is -0.384. The molecule has 22 heavy (non-hydrogen) atoms. The molecule has 1 aromatic heterocycles. The van der Waals surface area contributed by atoms with Crippen molar-refractivity contribution in [3.8, 4) is 5.75 Å². The molecule has 0 aliphatic carbocycles. The van der Waals surface area contributed by atoms with Crippen molar-refractivity contribution in [1.29, 1.82) is 0 Å². The number of aromatic nitrogens is 2. The Morgan fingerprint density at radius 1 is 1.55 bits per heavy atom. The molecule has 0 spiro atoms. The third-order valence-corrected chi connectivity index (χ3v) is 3.24. The molecule has 0 aliphatic heterocycles. The number of hydrogen-bond donors (Lipinski definition) is 1. The minimum Gasteiger partial charge on any atom is -0.496 e. The van der Waals surface area contributed by atoms with Gasteiger partial charge < -0.3 is 10.1 Å². The highest BCUT2D eigenvalue weighted by Crippen LogP contribution is 2.28. The summed E-state index contributed by atoms with van der Waals surface area (Å²) in [5.74, 6) is -0.119. The Labute approximate surface area is 130 Å². The average Bonchev–Trinajstić information content (AvgIpc) is 2.77. The van der Waals surface area contributed by atoms with Gasteiger partial charge in [-0.15, -0.1) is 0 Å². The van der Waals surface area contributed by atoms with Crippen LogP contribution >= 0.6 is 11.6 Å². The molecule has 0 saturated carbocycles. The zero-order valence-electron chi connectivity index (χ0n) is 11.9. The van der Waals surface area contributed by atoms with Gasteiger partial charge in [-0.2, -0.15) is 5.10 Å². The second kappa shape index (κ2) is 6.44. The number of ether oxygens (including phenoxy) is 1. The van der Waals surface area contributed by atoms with Crippen LogP contribution in [-0.4, -0.2) is 27.7 Å². The van der Waals surface area contributed by atoms with Crippen LogP contribution in [0.1, 0.15) is 5.69 Å². The Morgan fingerprint density at radius 3 is 2.82 bits per heavy atom. The van der Waals surface area contributed by atoms with Gasteiger partial charge in [0.05, 0.1) is 28.8 Å². The number of rotatable bonds is 5. The van der Waals surface area contributed by atoms with Gasteiger partial charge in [-0.25, -0.2) is 0 Å². The van der Waals surface area contributed by atoms with Crippen molar-refractivity contribution in [2.75, 3.05) is 12.4 Å². The van der Waals surface area contributed by atoms with E-state index in [-0.39, 0.29) is 17.9 Å². The average molecular weight is 325 g/mol. The fraction of sp³-hybridized carbons (Fsp3) is 0.231. The lowest BCUT2D eigenvalue weighted by atomic mass is 10.2. The van der Waals surface area contributed by atoms with Crippen molar-refractivity contribution in [3.63, 3.8) is 0 Å². The third-order valence-electron chi connectivity index (χ3n) is 2.87. The van der Waals surface area contributed by atoms with E-state index in [9.17, 15) is 14.9 Å². The summed E-state index contributed by atoms with van der Waals surface area (Å²) < 4.78 is 6.29. The van der Waals surface area contributed by atoms with Crippen LogP contribution in [0.2, 0.25) is 5.02 Å². The van der Waals surface area contributed by atoms with E-state index >= 15 is 0 Å². The van der Waals surface area contributed by atoms with Gasteiger partial charge in [0.15, 0.2) is 0 Å². The molecule has 0 atom stereocenters. The van der Waals surface area contributed by atoms with Crippen molar-refractivity contribution >= 4 is 28.9 Å². The number of nitro benzene ring substituents is 1. The minimum atomic E-state index is -0.590. The molecular formula is C13H13ClN4O4. The SMILES string of the molecule is COc1ccc(NC(=O)Cn2cc(Cl)c(C)n2)c([N+](=O)[O-])c1. The molecule has 0 aliphatic rings. The highest BCUT2D eigenvalue weighted by molar-refractivity contribution is 6.31. The molecule has 2 rings (SSSR count). The summed E-state index contributed by atoms with van der Waals surface area (Å²) in [7, 11) is 1.40. The summed E-state index contributed by atoms with van der Waals surface area (Å²) in [5, 5.41) is 18.0. The van der Waals surface area contributed by atoms with Crippen LogP contribution in [0, 0.1) is 17.0 Å². The zero-order chi connectivity index (χ0) is 16.3. The number of nitrogens with one attached hydrogen (secondary N) is 1. The zero-order valence-corrected chi connectivity index (χ0v) is 12.6. The molecule has 9 heteroatoms. The highest BCUT2D eigenvalue weighted by atomic mass is 35.5. The summed E-state index contributed by atoms with van der Waals surface area (Å²) in [6, 6.07) is 4.18. The minimum absolute atomic E-state index is 0.0887. The number of methoxy groups -OCH3 is 1. The van der Waals surface area contributed by atoms with E-state index < -0.39 is 10.8 Å². The molecule has 0 radical (unpaired) electrons. The Bertz CT molecular complexity index is 709. The lowest BCUT2D eigenvalue weighted by Crippen LogP contribution is -2.19. The molecule has 2 aromatic rings. The number of carbonyl (C=O) groups excluding carboxylic acids is 1. The molecule has 116 valence electrons. The fourth-order valence-corrected chi connectivity index (χ4v) is 1.96. The van der Waals surface area contributed by atoms with Gasteiger partial charge in [0.2, 0.25) is 5.91 Å².